The number of ether oxygens (including phenoxy) is 1. The van der Waals surface area contributed by atoms with Gasteiger partial charge in [-0.15, -0.1) is 0 Å². The second-order valence-electron chi connectivity index (χ2n) is 8.38. The van der Waals surface area contributed by atoms with E-state index >= 15 is 0 Å². The zero-order valence-corrected chi connectivity index (χ0v) is 15.9. The van der Waals surface area contributed by atoms with Crippen LogP contribution in [0.2, 0.25) is 0 Å². The maximum atomic E-state index is 12.8. The molecular weight excluding hydrogens is 344 g/mol. The van der Waals surface area contributed by atoms with Crippen LogP contribution in [0.3, 0.4) is 0 Å². The van der Waals surface area contributed by atoms with E-state index in [1.807, 2.05) is 6.07 Å². The smallest absolute Gasteiger partial charge is 0.335 e. The summed E-state index contributed by atoms with van der Waals surface area (Å²) in [6, 6.07) is 5.32. The van der Waals surface area contributed by atoms with Gasteiger partial charge in [0.2, 0.25) is 0 Å². The van der Waals surface area contributed by atoms with Crippen molar-refractivity contribution in [3.63, 3.8) is 0 Å². The molecule has 4 rings (SSSR count). The Morgan fingerprint density at radius 2 is 2.04 bits per heavy atom. The van der Waals surface area contributed by atoms with E-state index in [0.717, 1.165) is 36.8 Å². The lowest BCUT2D eigenvalue weighted by molar-refractivity contribution is -0.160. The van der Waals surface area contributed by atoms with Crippen LogP contribution in [-0.2, 0) is 20.7 Å². The van der Waals surface area contributed by atoms with Gasteiger partial charge in [0.15, 0.2) is 0 Å². The molecule has 0 spiro atoms. The largest absolute Gasteiger partial charge is 0.478 e. The molecule has 144 valence electrons. The molecule has 1 aromatic rings. The quantitative estimate of drug-likeness (QED) is 0.820. The molecule has 0 heterocycles. The number of carboxylic acid groups (broad SMARTS) is 1. The van der Waals surface area contributed by atoms with Crippen LogP contribution in [0.15, 0.2) is 18.2 Å². The molecule has 5 heteroatoms. The van der Waals surface area contributed by atoms with Crippen molar-refractivity contribution in [2.75, 3.05) is 0 Å². The number of aryl methyl sites for hydroxylation is 1. The van der Waals surface area contributed by atoms with Gasteiger partial charge in [0, 0.05) is 24.7 Å². The highest BCUT2D eigenvalue weighted by molar-refractivity contribution is 5.88. The Morgan fingerprint density at radius 3 is 2.70 bits per heavy atom. The van der Waals surface area contributed by atoms with Crippen LogP contribution in [0, 0.1) is 17.3 Å². The topological polar surface area (TPSA) is 80.7 Å². The minimum absolute atomic E-state index is 0.0519. The molecule has 0 saturated heterocycles. The van der Waals surface area contributed by atoms with Crippen LogP contribution in [0.25, 0.3) is 0 Å². The summed E-state index contributed by atoms with van der Waals surface area (Å²) in [6.45, 7) is 3.50. The third-order valence-electron chi connectivity index (χ3n) is 7.34. The first-order valence-corrected chi connectivity index (χ1v) is 9.94. The molecule has 2 saturated carbocycles. The molecule has 1 unspecified atom stereocenters. The first-order valence-electron chi connectivity index (χ1n) is 9.94. The molecule has 3 aliphatic rings. The summed E-state index contributed by atoms with van der Waals surface area (Å²) in [6.07, 6.45) is 4.34. The van der Waals surface area contributed by atoms with Crippen LogP contribution in [0.4, 0.5) is 0 Å². The molecule has 1 aromatic carbocycles. The SMILES string of the molecule is CC[C@]12CC(OC(C)=O)[C@@H]3c4ccc(C(=O)O)cc4CC[C@H]3[C@@H]1CCC2=O. The average molecular weight is 370 g/mol. The molecule has 1 N–H and O–H groups in total. The average Bonchev–Trinajstić information content (AvgIpc) is 2.97. The highest BCUT2D eigenvalue weighted by Crippen LogP contribution is 2.61. The molecule has 0 bridgehead atoms. The van der Waals surface area contributed by atoms with Gasteiger partial charge in [-0.3, -0.25) is 9.59 Å². The van der Waals surface area contributed by atoms with Crippen molar-refractivity contribution in [3.8, 4) is 0 Å². The summed E-state index contributed by atoms with van der Waals surface area (Å²) < 4.78 is 5.77. The Labute approximate surface area is 159 Å². The van der Waals surface area contributed by atoms with Gasteiger partial charge in [-0.1, -0.05) is 13.0 Å². The van der Waals surface area contributed by atoms with Crippen LogP contribution < -0.4 is 0 Å². The summed E-state index contributed by atoms with van der Waals surface area (Å²) in [4.78, 5) is 36.0. The normalized spacial score (nSPS) is 34.4. The molecule has 0 amide bonds. The Kier molecular flexibility index (Phi) is 4.36. The molecule has 0 radical (unpaired) electrons. The maximum absolute atomic E-state index is 12.8. The van der Waals surface area contributed by atoms with Gasteiger partial charge in [0.05, 0.1) is 5.56 Å². The van der Waals surface area contributed by atoms with Crippen molar-refractivity contribution >= 4 is 17.7 Å². The molecule has 2 fully saturated rings. The summed E-state index contributed by atoms with van der Waals surface area (Å²) in [5.41, 5.74) is 2.08. The maximum Gasteiger partial charge on any atom is 0.335 e. The Morgan fingerprint density at radius 1 is 1.26 bits per heavy atom. The van der Waals surface area contributed by atoms with E-state index in [4.69, 9.17) is 4.74 Å². The summed E-state index contributed by atoms with van der Waals surface area (Å²) in [5, 5.41) is 9.30. The number of hydrogen-bond acceptors (Lipinski definition) is 4. The summed E-state index contributed by atoms with van der Waals surface area (Å²) >= 11 is 0. The van der Waals surface area contributed by atoms with E-state index in [2.05, 4.69) is 6.92 Å². The standard InChI is InChI=1S/C22H26O5/c1-3-22-11-18(27-12(2)23)20-15-6-5-14(21(25)26)10-13(15)4-7-16(20)17(22)8-9-19(22)24/h5-6,10,16-18,20H,3-4,7-9,11H2,1-2H3,(H,25,26)/t16-,17-,18?,20+,22-/m0/s1. The second-order valence-corrected chi connectivity index (χ2v) is 8.38. The van der Waals surface area contributed by atoms with Crippen molar-refractivity contribution < 1.29 is 24.2 Å². The number of esters is 1. The molecule has 0 aromatic heterocycles. The molecule has 5 atom stereocenters. The minimum atomic E-state index is -0.925. The van der Waals surface area contributed by atoms with Crippen LogP contribution >= 0.6 is 0 Å². The Balaban J connectivity index is 1.79. The van der Waals surface area contributed by atoms with Gasteiger partial charge in [-0.25, -0.2) is 4.79 Å². The molecule has 27 heavy (non-hydrogen) atoms. The predicted molar refractivity (Wildman–Crippen MR) is 98.6 cm³/mol. The van der Waals surface area contributed by atoms with Crippen LogP contribution in [0.1, 0.15) is 73.4 Å². The van der Waals surface area contributed by atoms with Gasteiger partial charge >= 0.3 is 11.9 Å². The van der Waals surface area contributed by atoms with E-state index in [1.54, 1.807) is 12.1 Å². The fourth-order valence-electron chi connectivity index (χ4n) is 6.27. The number of carbonyl (C=O) groups excluding carboxylic acids is 2. The first kappa shape index (κ1) is 18.2. The van der Waals surface area contributed by atoms with Crippen molar-refractivity contribution in [3.05, 3.63) is 34.9 Å². The Bertz CT molecular complexity index is 813. The van der Waals surface area contributed by atoms with E-state index in [0.29, 0.717) is 36.0 Å². The third kappa shape index (κ3) is 2.70. The van der Waals surface area contributed by atoms with Crippen LogP contribution in [0.5, 0.6) is 0 Å². The molecule has 5 nitrogen and oxygen atoms in total. The lowest BCUT2D eigenvalue weighted by atomic mass is 9.53. The zero-order valence-electron chi connectivity index (χ0n) is 15.9. The van der Waals surface area contributed by atoms with Gasteiger partial charge in [-0.05, 0) is 67.2 Å². The van der Waals surface area contributed by atoms with Gasteiger partial charge in [0.1, 0.15) is 11.9 Å². The minimum Gasteiger partial charge on any atom is -0.478 e. The highest BCUT2D eigenvalue weighted by atomic mass is 16.5. The number of hydrogen-bond donors (Lipinski definition) is 1. The fourth-order valence-corrected chi connectivity index (χ4v) is 6.27. The fraction of sp³-hybridized carbons (Fsp3) is 0.591. The van der Waals surface area contributed by atoms with E-state index in [9.17, 15) is 19.5 Å². The summed E-state index contributed by atoms with van der Waals surface area (Å²) in [7, 11) is 0. The molecule has 3 aliphatic carbocycles. The Hall–Kier alpha value is -2.17. The number of fused-ring (bicyclic) bond motifs is 5. The monoisotopic (exact) mass is 370 g/mol. The van der Waals surface area contributed by atoms with Crippen molar-refractivity contribution in [1.82, 2.24) is 0 Å². The van der Waals surface area contributed by atoms with Crippen LogP contribution in [-0.4, -0.2) is 28.9 Å². The highest BCUT2D eigenvalue weighted by Gasteiger charge is 2.60. The number of carboxylic acids is 1. The van der Waals surface area contributed by atoms with Gasteiger partial charge < -0.3 is 9.84 Å². The van der Waals surface area contributed by atoms with E-state index in [1.165, 1.54) is 6.92 Å². The third-order valence-corrected chi connectivity index (χ3v) is 7.34. The number of benzene rings is 1. The number of rotatable bonds is 3. The van der Waals surface area contributed by atoms with E-state index in [-0.39, 0.29) is 23.4 Å². The van der Waals surface area contributed by atoms with Crippen molar-refractivity contribution in [2.45, 2.75) is 64.4 Å². The number of carbonyl (C=O) groups is 3. The number of aromatic carboxylic acids is 1. The molecular formula is C22H26O5. The van der Waals surface area contributed by atoms with E-state index < -0.39 is 5.97 Å². The van der Waals surface area contributed by atoms with Crippen molar-refractivity contribution in [1.29, 1.82) is 0 Å². The van der Waals surface area contributed by atoms with Gasteiger partial charge in [0.25, 0.3) is 0 Å². The number of Topliss-reactive ketones (excluding diaryl/α,β-unsaturated/α-hetero) is 1. The van der Waals surface area contributed by atoms with Gasteiger partial charge in [-0.2, -0.15) is 0 Å². The zero-order chi connectivity index (χ0) is 19.3. The predicted octanol–water partition coefficient (Wildman–Crippen LogP) is 3.74. The lowest BCUT2D eigenvalue weighted by Gasteiger charge is -2.52. The lowest BCUT2D eigenvalue weighted by Crippen LogP contribution is -2.51. The first-order chi connectivity index (χ1) is 12.9. The summed E-state index contributed by atoms with van der Waals surface area (Å²) in [5.74, 6) is -0.222. The second kappa shape index (κ2) is 6.47. The number of ketones is 1. The van der Waals surface area contributed by atoms with Crippen molar-refractivity contribution in [2.24, 2.45) is 17.3 Å². The molecule has 0 aliphatic heterocycles.